The van der Waals surface area contributed by atoms with E-state index in [0.717, 1.165) is 38.8 Å². The number of thiazole rings is 1. The zero-order chi connectivity index (χ0) is 20.1. The van der Waals surface area contributed by atoms with Crippen molar-refractivity contribution in [1.29, 1.82) is 0 Å². The molecule has 0 amide bonds. The highest BCUT2D eigenvalue weighted by atomic mass is 32.1. The molecule has 4 nitrogen and oxygen atoms in total. The van der Waals surface area contributed by atoms with Gasteiger partial charge in [-0.15, -0.1) is 0 Å². The van der Waals surface area contributed by atoms with Gasteiger partial charge in [-0.05, 0) is 59.7 Å². The van der Waals surface area contributed by atoms with Crippen LogP contribution in [0.1, 0.15) is 5.56 Å². The van der Waals surface area contributed by atoms with E-state index in [9.17, 15) is 0 Å². The molecule has 0 aliphatic carbocycles. The Morgan fingerprint density at radius 3 is 1.93 bits per heavy atom. The molecule has 144 valence electrons. The van der Waals surface area contributed by atoms with Gasteiger partial charge in [0, 0.05) is 11.8 Å². The van der Waals surface area contributed by atoms with Crippen molar-refractivity contribution < 1.29 is 9.47 Å². The van der Waals surface area contributed by atoms with Crippen LogP contribution >= 0.6 is 11.3 Å². The lowest BCUT2D eigenvalue weighted by molar-refractivity contribution is 0.414. The van der Waals surface area contributed by atoms with E-state index in [1.54, 1.807) is 25.6 Å². The topological polar surface area (TPSA) is 43.7 Å². The van der Waals surface area contributed by atoms with Crippen molar-refractivity contribution >= 4 is 22.7 Å². The summed E-state index contributed by atoms with van der Waals surface area (Å²) in [5.74, 6) is 1.64. The molecule has 4 rings (SSSR count). The van der Waals surface area contributed by atoms with Crippen molar-refractivity contribution in [1.82, 2.24) is 4.98 Å². The number of ether oxygens (including phenoxy) is 2. The lowest BCUT2D eigenvalue weighted by Gasteiger charge is -2.05. The van der Waals surface area contributed by atoms with Crippen molar-refractivity contribution in [3.05, 3.63) is 84.4 Å². The van der Waals surface area contributed by atoms with E-state index < -0.39 is 0 Å². The maximum absolute atomic E-state index is 5.29. The Morgan fingerprint density at radius 1 is 0.759 bits per heavy atom. The first-order valence-electron chi connectivity index (χ1n) is 9.15. The Balaban J connectivity index is 1.75. The number of hydrogen-bond acceptors (Lipinski definition) is 5. The van der Waals surface area contributed by atoms with Gasteiger partial charge in [-0.3, -0.25) is 0 Å². The number of hydrogen-bond donors (Lipinski definition) is 0. The van der Waals surface area contributed by atoms with E-state index in [2.05, 4.69) is 4.99 Å². The standard InChI is InChI=1S/C24H20N2O2S/c1-27-20-12-8-18(9-13-20)22-23(19-10-14-21(28-2)15-11-19)29-24(26-22)25-16-17-6-4-3-5-7-17/h3-16H,1-2H3. The lowest BCUT2D eigenvalue weighted by Crippen LogP contribution is -1.85. The van der Waals surface area contributed by atoms with E-state index in [1.807, 2.05) is 85.1 Å². The fourth-order valence-electron chi connectivity index (χ4n) is 2.92. The van der Waals surface area contributed by atoms with Crippen molar-refractivity contribution in [2.45, 2.75) is 0 Å². The van der Waals surface area contributed by atoms with E-state index in [-0.39, 0.29) is 0 Å². The number of methoxy groups -OCH3 is 2. The van der Waals surface area contributed by atoms with Crippen molar-refractivity contribution in [3.8, 4) is 33.2 Å². The third kappa shape index (κ3) is 4.36. The van der Waals surface area contributed by atoms with Crippen molar-refractivity contribution in [2.75, 3.05) is 14.2 Å². The zero-order valence-corrected chi connectivity index (χ0v) is 17.0. The van der Waals surface area contributed by atoms with Gasteiger partial charge in [-0.2, -0.15) is 0 Å². The van der Waals surface area contributed by atoms with Crippen LogP contribution in [0.4, 0.5) is 5.13 Å². The summed E-state index contributed by atoms with van der Waals surface area (Å²) in [5, 5.41) is 0.713. The van der Waals surface area contributed by atoms with Crippen LogP contribution in [0.5, 0.6) is 11.5 Å². The minimum Gasteiger partial charge on any atom is -0.497 e. The van der Waals surface area contributed by atoms with Crippen LogP contribution in [0.3, 0.4) is 0 Å². The summed E-state index contributed by atoms with van der Waals surface area (Å²) in [6.45, 7) is 0. The van der Waals surface area contributed by atoms with Gasteiger partial charge in [0.1, 0.15) is 11.5 Å². The van der Waals surface area contributed by atoms with Gasteiger partial charge in [0.2, 0.25) is 5.13 Å². The molecule has 0 saturated heterocycles. The summed E-state index contributed by atoms with van der Waals surface area (Å²) in [6.07, 6.45) is 1.84. The van der Waals surface area contributed by atoms with Crippen molar-refractivity contribution in [3.63, 3.8) is 0 Å². The van der Waals surface area contributed by atoms with E-state index in [0.29, 0.717) is 5.13 Å². The number of aromatic nitrogens is 1. The predicted molar refractivity (Wildman–Crippen MR) is 120 cm³/mol. The minimum absolute atomic E-state index is 0.713. The van der Waals surface area contributed by atoms with E-state index in [4.69, 9.17) is 14.5 Å². The van der Waals surface area contributed by atoms with Gasteiger partial charge < -0.3 is 9.47 Å². The first-order chi connectivity index (χ1) is 14.3. The first kappa shape index (κ1) is 18.9. The number of benzene rings is 3. The van der Waals surface area contributed by atoms with Gasteiger partial charge >= 0.3 is 0 Å². The molecule has 0 aliphatic heterocycles. The molecule has 0 N–H and O–H groups in total. The third-order valence-corrected chi connectivity index (χ3v) is 5.47. The fraction of sp³-hybridized carbons (Fsp3) is 0.0833. The molecular formula is C24H20N2O2S. The molecule has 0 atom stereocenters. The number of aliphatic imine (C=N–C) groups is 1. The summed E-state index contributed by atoms with van der Waals surface area (Å²) in [6, 6.07) is 26.0. The van der Waals surface area contributed by atoms with Gasteiger partial charge in [0.25, 0.3) is 0 Å². The van der Waals surface area contributed by atoms with E-state index >= 15 is 0 Å². The maximum Gasteiger partial charge on any atom is 0.210 e. The Hall–Kier alpha value is -3.44. The monoisotopic (exact) mass is 400 g/mol. The molecule has 4 aromatic rings. The largest absolute Gasteiger partial charge is 0.497 e. The summed E-state index contributed by atoms with van der Waals surface area (Å²) < 4.78 is 10.6. The molecule has 1 aromatic heterocycles. The number of nitrogens with zero attached hydrogens (tertiary/aromatic N) is 2. The lowest BCUT2D eigenvalue weighted by atomic mass is 10.1. The smallest absolute Gasteiger partial charge is 0.210 e. The normalized spacial score (nSPS) is 11.0. The summed E-state index contributed by atoms with van der Waals surface area (Å²) in [4.78, 5) is 10.5. The Bertz CT molecular complexity index is 1040. The Kier molecular flexibility index (Phi) is 5.68. The first-order valence-corrected chi connectivity index (χ1v) is 9.97. The Labute approximate surface area is 174 Å². The van der Waals surface area contributed by atoms with Crippen LogP contribution in [-0.2, 0) is 0 Å². The Morgan fingerprint density at radius 2 is 1.34 bits per heavy atom. The molecule has 0 spiro atoms. The second-order valence-corrected chi connectivity index (χ2v) is 7.28. The SMILES string of the molecule is COc1ccc(-c2nc(N=Cc3ccccc3)sc2-c2ccc(OC)cc2)cc1. The van der Waals surface area contributed by atoms with Crippen LogP contribution in [0, 0.1) is 0 Å². The zero-order valence-electron chi connectivity index (χ0n) is 16.2. The molecule has 5 heteroatoms. The fourth-order valence-corrected chi connectivity index (χ4v) is 3.85. The molecule has 3 aromatic carbocycles. The molecule has 0 saturated carbocycles. The highest BCUT2D eigenvalue weighted by Crippen LogP contribution is 2.40. The molecule has 0 fully saturated rings. The average molecular weight is 401 g/mol. The highest BCUT2D eigenvalue weighted by molar-refractivity contribution is 7.19. The molecule has 1 heterocycles. The molecule has 0 radical (unpaired) electrons. The van der Waals surface area contributed by atoms with Gasteiger partial charge in [0.15, 0.2) is 0 Å². The summed E-state index contributed by atoms with van der Waals surface area (Å²) in [5.41, 5.74) is 4.05. The second kappa shape index (κ2) is 8.71. The van der Waals surface area contributed by atoms with Crippen LogP contribution in [0.2, 0.25) is 0 Å². The average Bonchev–Trinajstić information content (AvgIpc) is 3.23. The van der Waals surface area contributed by atoms with Gasteiger partial charge in [-0.25, -0.2) is 9.98 Å². The van der Waals surface area contributed by atoms with Gasteiger partial charge in [-0.1, -0.05) is 41.7 Å². The minimum atomic E-state index is 0.713. The third-order valence-electron chi connectivity index (χ3n) is 4.46. The summed E-state index contributed by atoms with van der Waals surface area (Å²) in [7, 11) is 3.33. The maximum atomic E-state index is 5.29. The quantitative estimate of drug-likeness (QED) is 0.360. The van der Waals surface area contributed by atoms with Crippen LogP contribution < -0.4 is 9.47 Å². The van der Waals surface area contributed by atoms with Crippen molar-refractivity contribution in [2.24, 2.45) is 4.99 Å². The van der Waals surface area contributed by atoms with Gasteiger partial charge in [0.05, 0.1) is 24.8 Å². The predicted octanol–water partition coefficient (Wildman–Crippen LogP) is 6.24. The van der Waals surface area contributed by atoms with Crippen LogP contribution in [0.25, 0.3) is 21.7 Å². The highest BCUT2D eigenvalue weighted by Gasteiger charge is 2.15. The van der Waals surface area contributed by atoms with Crippen LogP contribution in [0.15, 0.2) is 83.9 Å². The molecule has 29 heavy (non-hydrogen) atoms. The molecule has 0 bridgehead atoms. The summed E-state index contributed by atoms with van der Waals surface area (Å²) >= 11 is 1.57. The number of rotatable bonds is 6. The van der Waals surface area contributed by atoms with E-state index in [1.165, 1.54) is 0 Å². The second-order valence-electron chi connectivity index (χ2n) is 6.30. The van der Waals surface area contributed by atoms with Crippen LogP contribution in [-0.4, -0.2) is 25.4 Å². The molecule has 0 unspecified atom stereocenters. The molecular weight excluding hydrogens is 380 g/mol. The molecule has 0 aliphatic rings.